The molecule has 2 N–H and O–H groups in total. The van der Waals surface area contributed by atoms with Gasteiger partial charge in [0.2, 0.25) is 0 Å². The van der Waals surface area contributed by atoms with Gasteiger partial charge < -0.3 is 5.73 Å². The summed E-state index contributed by atoms with van der Waals surface area (Å²) in [5, 5.41) is 1.04. The lowest BCUT2D eigenvalue weighted by atomic mass is 10.1. The number of halogens is 1. The molecule has 0 saturated carbocycles. The summed E-state index contributed by atoms with van der Waals surface area (Å²) >= 11 is 0. The monoisotopic (exact) mass is 194 g/mol. The van der Waals surface area contributed by atoms with E-state index in [4.69, 9.17) is 5.73 Å². The summed E-state index contributed by atoms with van der Waals surface area (Å²) in [6, 6.07) is 7.84. The molecular weight excluding hydrogens is 184 g/mol. The van der Waals surface area contributed by atoms with E-state index in [0.29, 0.717) is 0 Å². The maximum absolute atomic E-state index is 5.79. The maximum atomic E-state index is 5.79. The van der Waals surface area contributed by atoms with Crippen LogP contribution in [-0.2, 0) is 0 Å². The van der Waals surface area contributed by atoms with E-state index < -0.39 is 0 Å². The van der Waals surface area contributed by atoms with Gasteiger partial charge in [0, 0.05) is 17.3 Å². The number of anilines is 1. The minimum Gasteiger partial charge on any atom is -0.398 e. The van der Waals surface area contributed by atoms with Crippen molar-refractivity contribution >= 4 is 29.0 Å². The van der Waals surface area contributed by atoms with Crippen LogP contribution in [0.3, 0.4) is 0 Å². The minimum absolute atomic E-state index is 0. The van der Waals surface area contributed by atoms with E-state index in [9.17, 15) is 0 Å². The van der Waals surface area contributed by atoms with Crippen LogP contribution in [0.2, 0.25) is 0 Å². The van der Waals surface area contributed by atoms with E-state index in [-0.39, 0.29) is 12.4 Å². The van der Waals surface area contributed by atoms with E-state index in [0.717, 1.165) is 16.6 Å². The van der Waals surface area contributed by atoms with E-state index >= 15 is 0 Å². The average Bonchev–Trinajstić information content (AvgIpc) is 2.07. The molecule has 0 amide bonds. The zero-order chi connectivity index (χ0) is 8.55. The van der Waals surface area contributed by atoms with Crippen molar-refractivity contribution < 1.29 is 0 Å². The van der Waals surface area contributed by atoms with Gasteiger partial charge in [0.15, 0.2) is 0 Å². The topological polar surface area (TPSA) is 38.9 Å². The summed E-state index contributed by atoms with van der Waals surface area (Å²) in [6.45, 7) is 2.04. The quantitative estimate of drug-likeness (QED) is 0.700. The van der Waals surface area contributed by atoms with Crippen LogP contribution in [-0.4, -0.2) is 4.98 Å². The first kappa shape index (κ1) is 9.81. The van der Waals surface area contributed by atoms with Gasteiger partial charge in [0.25, 0.3) is 0 Å². The smallest absolute Gasteiger partial charge is 0.0751 e. The van der Waals surface area contributed by atoms with Gasteiger partial charge in [0.05, 0.1) is 5.52 Å². The molecule has 0 bridgehead atoms. The first-order chi connectivity index (χ1) is 5.79. The highest BCUT2D eigenvalue weighted by Crippen LogP contribution is 2.20. The fraction of sp³-hybridized carbons (Fsp3) is 0.100. The highest BCUT2D eigenvalue weighted by Gasteiger charge is 1.99. The molecule has 68 valence electrons. The fourth-order valence-electron chi connectivity index (χ4n) is 1.35. The summed E-state index contributed by atoms with van der Waals surface area (Å²) in [4.78, 5) is 4.26. The van der Waals surface area contributed by atoms with Gasteiger partial charge in [-0.05, 0) is 18.6 Å². The Morgan fingerprint density at radius 3 is 2.69 bits per heavy atom. The van der Waals surface area contributed by atoms with Crippen molar-refractivity contribution in [2.45, 2.75) is 6.92 Å². The van der Waals surface area contributed by atoms with Crippen molar-refractivity contribution in [3.8, 4) is 0 Å². The predicted molar refractivity (Wildman–Crippen MR) is 58.1 cm³/mol. The zero-order valence-corrected chi connectivity index (χ0v) is 8.14. The van der Waals surface area contributed by atoms with Gasteiger partial charge in [-0.25, -0.2) is 0 Å². The summed E-state index contributed by atoms with van der Waals surface area (Å²) < 4.78 is 0. The number of benzene rings is 1. The molecule has 1 aromatic carbocycles. The number of aromatic nitrogens is 1. The van der Waals surface area contributed by atoms with Crippen molar-refractivity contribution in [1.29, 1.82) is 0 Å². The van der Waals surface area contributed by atoms with Crippen LogP contribution in [0.5, 0.6) is 0 Å². The molecule has 0 spiro atoms. The highest BCUT2D eigenvalue weighted by atomic mass is 35.5. The molecule has 2 nitrogen and oxygen atoms in total. The number of hydrogen-bond acceptors (Lipinski definition) is 2. The lowest BCUT2D eigenvalue weighted by molar-refractivity contribution is 1.37. The fourth-order valence-corrected chi connectivity index (χ4v) is 1.35. The van der Waals surface area contributed by atoms with Crippen molar-refractivity contribution in [2.75, 3.05) is 5.73 Å². The number of rotatable bonds is 0. The molecule has 0 atom stereocenters. The Kier molecular flexibility index (Phi) is 2.73. The SMILES string of the molecule is Cc1cccc2c(N)ccnc12.Cl. The Hall–Kier alpha value is -1.28. The standard InChI is InChI=1S/C10H10N2.ClH/c1-7-3-2-4-8-9(11)5-6-12-10(7)8;/h2-6H,1H3,(H2,11,12);1H. The van der Waals surface area contributed by atoms with Crippen LogP contribution in [0.4, 0.5) is 5.69 Å². The number of pyridine rings is 1. The molecule has 0 fully saturated rings. The van der Waals surface area contributed by atoms with E-state index in [2.05, 4.69) is 4.98 Å². The van der Waals surface area contributed by atoms with Crippen LogP contribution < -0.4 is 5.73 Å². The summed E-state index contributed by atoms with van der Waals surface area (Å²) in [6.07, 6.45) is 1.74. The molecule has 0 saturated heterocycles. The molecule has 0 unspecified atom stereocenters. The second kappa shape index (κ2) is 3.62. The van der Waals surface area contributed by atoms with Crippen LogP contribution in [0.25, 0.3) is 10.9 Å². The van der Waals surface area contributed by atoms with Gasteiger partial charge >= 0.3 is 0 Å². The minimum atomic E-state index is 0. The molecule has 2 aromatic rings. The molecular formula is C10H11ClN2. The molecule has 0 aliphatic rings. The summed E-state index contributed by atoms with van der Waals surface area (Å²) in [5.41, 5.74) is 8.74. The Morgan fingerprint density at radius 2 is 2.00 bits per heavy atom. The first-order valence-corrected chi connectivity index (χ1v) is 3.89. The molecule has 0 aliphatic carbocycles. The first-order valence-electron chi connectivity index (χ1n) is 3.89. The van der Waals surface area contributed by atoms with Gasteiger partial charge in [-0.15, -0.1) is 12.4 Å². The predicted octanol–water partition coefficient (Wildman–Crippen LogP) is 2.55. The van der Waals surface area contributed by atoms with E-state index in [1.54, 1.807) is 6.20 Å². The zero-order valence-electron chi connectivity index (χ0n) is 7.32. The highest BCUT2D eigenvalue weighted by molar-refractivity contribution is 5.91. The molecule has 2 rings (SSSR count). The van der Waals surface area contributed by atoms with Gasteiger partial charge in [0.1, 0.15) is 0 Å². The largest absolute Gasteiger partial charge is 0.398 e. The molecule has 0 radical (unpaired) electrons. The van der Waals surface area contributed by atoms with Crippen molar-refractivity contribution in [3.63, 3.8) is 0 Å². The second-order valence-corrected chi connectivity index (χ2v) is 2.87. The normalized spacial score (nSPS) is 9.62. The lowest BCUT2D eigenvalue weighted by Crippen LogP contribution is -1.89. The van der Waals surface area contributed by atoms with Crippen LogP contribution >= 0.6 is 12.4 Å². The van der Waals surface area contributed by atoms with Crippen LogP contribution in [0.1, 0.15) is 5.56 Å². The van der Waals surface area contributed by atoms with Crippen molar-refractivity contribution in [2.24, 2.45) is 0 Å². The number of nitrogens with zero attached hydrogens (tertiary/aromatic N) is 1. The molecule has 1 heterocycles. The number of hydrogen-bond donors (Lipinski definition) is 1. The maximum Gasteiger partial charge on any atom is 0.0751 e. The van der Waals surface area contributed by atoms with E-state index in [1.807, 2.05) is 31.2 Å². The summed E-state index contributed by atoms with van der Waals surface area (Å²) in [7, 11) is 0. The van der Waals surface area contributed by atoms with Gasteiger partial charge in [-0.1, -0.05) is 18.2 Å². The third-order valence-electron chi connectivity index (χ3n) is 2.01. The van der Waals surface area contributed by atoms with E-state index in [1.165, 1.54) is 5.56 Å². The van der Waals surface area contributed by atoms with Gasteiger partial charge in [-0.3, -0.25) is 4.98 Å². The van der Waals surface area contributed by atoms with Gasteiger partial charge in [-0.2, -0.15) is 0 Å². The number of nitrogen functional groups attached to an aromatic ring is 1. The van der Waals surface area contributed by atoms with Crippen molar-refractivity contribution in [3.05, 3.63) is 36.0 Å². The Labute approximate surface area is 83.2 Å². The molecule has 3 heteroatoms. The number of para-hydroxylation sites is 1. The number of fused-ring (bicyclic) bond motifs is 1. The Balaban J connectivity index is 0.000000845. The van der Waals surface area contributed by atoms with Crippen LogP contribution in [0.15, 0.2) is 30.5 Å². The third kappa shape index (κ3) is 1.58. The second-order valence-electron chi connectivity index (χ2n) is 2.87. The lowest BCUT2D eigenvalue weighted by Gasteiger charge is -2.02. The summed E-state index contributed by atoms with van der Waals surface area (Å²) in [5.74, 6) is 0. The number of nitrogens with two attached hydrogens (primary N) is 1. The molecule has 1 aromatic heterocycles. The Morgan fingerprint density at radius 1 is 1.23 bits per heavy atom. The average molecular weight is 195 g/mol. The van der Waals surface area contributed by atoms with Crippen molar-refractivity contribution in [1.82, 2.24) is 4.98 Å². The Bertz CT molecular complexity index is 385. The molecule has 13 heavy (non-hydrogen) atoms. The molecule has 0 aliphatic heterocycles. The third-order valence-corrected chi connectivity index (χ3v) is 2.01. The number of aryl methyl sites for hydroxylation is 1. The van der Waals surface area contributed by atoms with Crippen LogP contribution in [0, 0.1) is 6.92 Å².